The maximum Gasteiger partial charge on any atom is 0.250 e. The summed E-state index contributed by atoms with van der Waals surface area (Å²) in [6.45, 7) is 2.88. The number of methoxy groups -OCH3 is 1. The van der Waals surface area contributed by atoms with E-state index in [9.17, 15) is 4.39 Å². The van der Waals surface area contributed by atoms with Crippen molar-refractivity contribution in [1.82, 2.24) is 20.5 Å². The number of aliphatic imine (C=N–C) groups is 2. The number of rotatable bonds is 5. The van der Waals surface area contributed by atoms with Crippen LogP contribution in [-0.2, 0) is 0 Å². The Kier molecular flexibility index (Phi) is 7.71. The van der Waals surface area contributed by atoms with Gasteiger partial charge >= 0.3 is 0 Å². The molecule has 1 unspecified atom stereocenters. The van der Waals surface area contributed by atoms with E-state index in [1.807, 2.05) is 18.2 Å². The van der Waals surface area contributed by atoms with E-state index in [2.05, 4.69) is 30.7 Å². The predicted octanol–water partition coefficient (Wildman–Crippen LogP) is 2.66. The van der Waals surface area contributed by atoms with Crippen LogP contribution < -0.4 is 31.3 Å². The zero-order chi connectivity index (χ0) is 25.7. The number of piperazine rings is 1. The Morgan fingerprint density at radius 1 is 1.08 bits per heavy atom. The number of pyridine rings is 1. The first-order valence-corrected chi connectivity index (χ1v) is 13.1. The molecule has 198 valence electrons. The van der Waals surface area contributed by atoms with Gasteiger partial charge in [0.1, 0.15) is 5.82 Å². The second-order valence-electron chi connectivity index (χ2n) is 9.67. The van der Waals surface area contributed by atoms with Crippen LogP contribution in [0.5, 0.6) is 5.75 Å². The number of nitrogens with two attached hydrogens (primary N) is 1. The van der Waals surface area contributed by atoms with Gasteiger partial charge in [0, 0.05) is 32.4 Å². The summed E-state index contributed by atoms with van der Waals surface area (Å²) in [6.07, 6.45) is 8.73. The normalized spacial score (nSPS) is 24.6. The Balaban J connectivity index is 1.39. The Hall–Kier alpha value is -3.44. The molecule has 5 rings (SSSR count). The minimum absolute atomic E-state index is 0.111. The molecule has 1 aromatic carbocycles. The van der Waals surface area contributed by atoms with Gasteiger partial charge in [0.15, 0.2) is 11.6 Å². The highest BCUT2D eigenvalue weighted by molar-refractivity contribution is 6.07. The molecule has 1 atom stereocenters. The Morgan fingerprint density at radius 3 is 2.57 bits per heavy atom. The third kappa shape index (κ3) is 5.94. The molecule has 3 aliphatic rings. The number of hydrogen-bond acceptors (Lipinski definition) is 8. The highest BCUT2D eigenvalue weighted by Gasteiger charge is 2.39. The molecule has 0 spiro atoms. The Morgan fingerprint density at radius 2 is 1.86 bits per heavy atom. The number of para-hydroxylation sites is 1. The molecule has 1 aliphatic carbocycles. The van der Waals surface area contributed by atoms with Gasteiger partial charge in [-0.25, -0.2) is 19.3 Å². The van der Waals surface area contributed by atoms with Crippen molar-refractivity contribution in [2.75, 3.05) is 43.5 Å². The van der Waals surface area contributed by atoms with E-state index >= 15 is 0 Å². The molecule has 1 aromatic heterocycles. The van der Waals surface area contributed by atoms with Crippen molar-refractivity contribution in [1.29, 1.82) is 0 Å². The molecule has 3 heterocycles. The second kappa shape index (κ2) is 11.3. The predicted molar refractivity (Wildman–Crippen MR) is 144 cm³/mol. The number of anilines is 2. The number of benzene rings is 1. The lowest BCUT2D eigenvalue weighted by Crippen LogP contribution is -2.74. The van der Waals surface area contributed by atoms with E-state index in [1.165, 1.54) is 38.9 Å². The minimum Gasteiger partial charge on any atom is -0.492 e. The monoisotopic (exact) mass is 509 g/mol. The molecular weight excluding hydrogens is 473 g/mol. The topological polar surface area (TPSA) is 115 Å². The number of aromatic nitrogens is 1. The summed E-state index contributed by atoms with van der Waals surface area (Å²) in [7, 11) is 1.44. The largest absolute Gasteiger partial charge is 0.492 e. The van der Waals surface area contributed by atoms with Crippen molar-refractivity contribution in [2.45, 2.75) is 50.5 Å². The number of halogens is 1. The van der Waals surface area contributed by atoms with Gasteiger partial charge in [-0.05, 0) is 37.1 Å². The van der Waals surface area contributed by atoms with E-state index in [4.69, 9.17) is 20.5 Å². The van der Waals surface area contributed by atoms with Crippen LogP contribution in [0, 0.1) is 5.82 Å². The van der Waals surface area contributed by atoms with Crippen molar-refractivity contribution in [2.24, 2.45) is 15.7 Å². The molecule has 2 fully saturated rings. The van der Waals surface area contributed by atoms with Crippen LogP contribution in [0.2, 0.25) is 0 Å². The lowest BCUT2D eigenvalue weighted by Gasteiger charge is -2.45. The van der Waals surface area contributed by atoms with Gasteiger partial charge in [0.05, 0.1) is 18.8 Å². The van der Waals surface area contributed by atoms with Crippen LogP contribution in [0.1, 0.15) is 38.5 Å². The second-order valence-corrected chi connectivity index (χ2v) is 9.67. The van der Waals surface area contributed by atoms with Crippen molar-refractivity contribution < 1.29 is 9.13 Å². The summed E-state index contributed by atoms with van der Waals surface area (Å²) >= 11 is 0. The van der Waals surface area contributed by atoms with E-state index in [0.29, 0.717) is 30.7 Å². The number of nitrogens with one attached hydrogen (secondary N) is 3. The van der Waals surface area contributed by atoms with Crippen LogP contribution in [0.15, 0.2) is 52.6 Å². The molecule has 2 aromatic rings. The smallest absolute Gasteiger partial charge is 0.250 e. The summed E-state index contributed by atoms with van der Waals surface area (Å²) in [5, 5.41) is 9.77. The van der Waals surface area contributed by atoms with E-state index in [1.54, 1.807) is 18.3 Å². The van der Waals surface area contributed by atoms with Gasteiger partial charge in [0.2, 0.25) is 17.8 Å². The fourth-order valence-electron chi connectivity index (χ4n) is 5.15. The third-order valence-electron chi connectivity index (χ3n) is 7.12. The molecule has 0 amide bonds. The van der Waals surface area contributed by atoms with Gasteiger partial charge in [-0.1, -0.05) is 37.8 Å². The number of guanidine groups is 2. The van der Waals surface area contributed by atoms with Crippen LogP contribution in [0.4, 0.5) is 15.9 Å². The lowest BCUT2D eigenvalue weighted by atomic mass is 10.1. The fraction of sp³-hybridized carbons (Fsp3) is 0.500. The minimum atomic E-state index is -1.23. The Bertz CT molecular complexity index is 1110. The molecule has 10 nitrogen and oxygen atoms in total. The van der Waals surface area contributed by atoms with Gasteiger partial charge < -0.3 is 20.3 Å². The molecule has 11 heteroatoms. The maximum absolute atomic E-state index is 14.3. The SMILES string of the molecule is COc1c(F)cccc1NC1=NC(N)(N2CCN(c3ccccn3)CC2)NC(=NC2CCCCCC2)N1. The zero-order valence-electron chi connectivity index (χ0n) is 21.3. The molecule has 2 aliphatic heterocycles. The molecule has 0 bridgehead atoms. The van der Waals surface area contributed by atoms with Crippen molar-refractivity contribution in [3.63, 3.8) is 0 Å². The Labute approximate surface area is 217 Å². The van der Waals surface area contributed by atoms with Crippen molar-refractivity contribution in [3.8, 4) is 5.75 Å². The van der Waals surface area contributed by atoms with E-state index < -0.39 is 11.7 Å². The molecular formula is C26H36FN9O. The average Bonchev–Trinajstić information content (AvgIpc) is 3.18. The average molecular weight is 510 g/mol. The van der Waals surface area contributed by atoms with Crippen LogP contribution in [0.3, 0.4) is 0 Å². The van der Waals surface area contributed by atoms with Gasteiger partial charge in [-0.15, -0.1) is 0 Å². The zero-order valence-corrected chi connectivity index (χ0v) is 21.3. The first kappa shape index (κ1) is 25.2. The lowest BCUT2D eigenvalue weighted by molar-refractivity contribution is 0.0755. The highest BCUT2D eigenvalue weighted by Crippen LogP contribution is 2.28. The number of hydrogen-bond donors (Lipinski definition) is 4. The first-order chi connectivity index (χ1) is 18.0. The quantitative estimate of drug-likeness (QED) is 0.455. The third-order valence-corrected chi connectivity index (χ3v) is 7.12. The van der Waals surface area contributed by atoms with Crippen molar-refractivity contribution >= 4 is 23.4 Å². The maximum atomic E-state index is 14.3. The van der Waals surface area contributed by atoms with Gasteiger partial charge in [-0.3, -0.25) is 11.1 Å². The highest BCUT2D eigenvalue weighted by atomic mass is 19.1. The van der Waals surface area contributed by atoms with Gasteiger partial charge in [0.25, 0.3) is 0 Å². The van der Waals surface area contributed by atoms with Crippen molar-refractivity contribution in [3.05, 3.63) is 48.4 Å². The fourth-order valence-corrected chi connectivity index (χ4v) is 5.15. The summed E-state index contributed by atoms with van der Waals surface area (Å²) in [4.78, 5) is 18.6. The summed E-state index contributed by atoms with van der Waals surface area (Å²) < 4.78 is 19.6. The summed E-state index contributed by atoms with van der Waals surface area (Å²) in [6, 6.07) is 10.8. The number of ether oxygens (including phenoxy) is 1. The van der Waals surface area contributed by atoms with Crippen LogP contribution in [0.25, 0.3) is 0 Å². The summed E-state index contributed by atoms with van der Waals surface area (Å²) in [5.74, 6) is 0.317. The molecule has 1 saturated carbocycles. The molecule has 37 heavy (non-hydrogen) atoms. The number of nitrogens with zero attached hydrogens (tertiary/aromatic N) is 5. The van der Waals surface area contributed by atoms with Gasteiger partial charge in [-0.2, -0.15) is 4.99 Å². The van der Waals surface area contributed by atoms with Crippen LogP contribution in [-0.4, -0.2) is 67.0 Å². The van der Waals surface area contributed by atoms with E-state index in [0.717, 1.165) is 31.7 Å². The first-order valence-electron chi connectivity index (χ1n) is 13.1. The molecule has 0 radical (unpaired) electrons. The molecule has 5 N–H and O–H groups in total. The summed E-state index contributed by atoms with van der Waals surface area (Å²) in [5.41, 5.74) is 7.37. The van der Waals surface area contributed by atoms with Crippen LogP contribution >= 0.6 is 0 Å². The van der Waals surface area contributed by atoms with E-state index in [-0.39, 0.29) is 11.8 Å². The standard InChI is InChI=1S/C26H36FN9O/c1-37-23-20(27)11-8-12-21(23)31-25-32-24(30-19-9-4-2-3-5-10-19)33-26(28,34-25)36-17-15-35(16-18-36)22-13-6-7-14-29-22/h6-8,11-14,19H,2-5,9-10,15-18,28H2,1H3,(H3,30,31,32,33,34). The molecule has 1 saturated heterocycles.